The second kappa shape index (κ2) is 10.4. The van der Waals surface area contributed by atoms with Crippen LogP contribution in [-0.4, -0.2) is 44.1 Å². The first kappa shape index (κ1) is 22.7. The summed E-state index contributed by atoms with van der Waals surface area (Å²) < 4.78 is 22.2. The Bertz CT molecular complexity index is 236. The number of hydrogen-bond donors (Lipinski definition) is 4. The smallest absolute Gasteiger partial charge is 0.304 e. The van der Waals surface area contributed by atoms with E-state index in [2.05, 4.69) is 30.0 Å². The highest BCUT2D eigenvalue weighted by molar-refractivity contribution is 7.60. The number of nitrogens with zero attached hydrogens (tertiary/aromatic N) is 1. The van der Waals surface area contributed by atoms with Crippen LogP contribution in [0.4, 0.5) is 0 Å². The van der Waals surface area contributed by atoms with Gasteiger partial charge in [0, 0.05) is 0 Å². The van der Waals surface area contributed by atoms with Gasteiger partial charge in [-0.2, -0.15) is 4.31 Å². The lowest BCUT2D eigenvalue weighted by molar-refractivity contribution is 0.225. The van der Waals surface area contributed by atoms with Crippen LogP contribution in [0, 0.1) is 0 Å². The molecule has 0 aromatic rings. The van der Waals surface area contributed by atoms with Crippen LogP contribution in [0.1, 0.15) is 20.8 Å². The summed E-state index contributed by atoms with van der Waals surface area (Å²) in [7, 11) is -10.1. The maximum atomic E-state index is 9.63. The van der Waals surface area contributed by atoms with Gasteiger partial charge in [-0.1, -0.05) is 20.8 Å². The highest BCUT2D eigenvalue weighted by Crippen LogP contribution is 2.53. The van der Waals surface area contributed by atoms with Gasteiger partial charge in [-0.05, 0) is 19.6 Å². The standard InChI is InChI=1S/C6H15N.ClH.H4O7P2/c1-4-7(5-2)6-3;;1-8(2,3)7-9(4,5)6/h4-6H2,1-3H3;1H;(H2,1,2,3)(H2,4,5,6). The average molecular weight is 316 g/mol. The van der Waals surface area contributed by atoms with Crippen molar-refractivity contribution in [2.24, 2.45) is 0 Å². The van der Waals surface area contributed by atoms with Crippen molar-refractivity contribution in [2.75, 3.05) is 19.6 Å². The molecule has 11 heteroatoms. The maximum absolute atomic E-state index is 9.63. The summed E-state index contributed by atoms with van der Waals surface area (Å²) in [6.45, 7) is 10.1. The van der Waals surface area contributed by atoms with E-state index in [1.165, 1.54) is 19.6 Å². The lowest BCUT2D eigenvalue weighted by Gasteiger charge is -2.13. The van der Waals surface area contributed by atoms with Gasteiger partial charge in [0.2, 0.25) is 0 Å². The molecule has 0 saturated heterocycles. The molecule has 4 N–H and O–H groups in total. The monoisotopic (exact) mass is 315 g/mol. The topological polar surface area (TPSA) is 128 Å². The minimum Gasteiger partial charge on any atom is -0.304 e. The number of halogens is 1. The second-order valence-electron chi connectivity index (χ2n) is 2.68. The third kappa shape index (κ3) is 22.2. The highest BCUT2D eigenvalue weighted by atomic mass is 35.5. The summed E-state index contributed by atoms with van der Waals surface area (Å²) in [5.74, 6) is 0. The molecule has 0 aromatic carbocycles. The lowest BCUT2D eigenvalue weighted by Crippen LogP contribution is -2.21. The molecular formula is C6H20ClNO7P2. The van der Waals surface area contributed by atoms with Crippen LogP contribution < -0.4 is 0 Å². The number of rotatable bonds is 5. The summed E-state index contributed by atoms with van der Waals surface area (Å²) >= 11 is 0. The molecule has 0 fully saturated rings. The van der Waals surface area contributed by atoms with E-state index in [1.54, 1.807) is 0 Å². The van der Waals surface area contributed by atoms with E-state index in [0.29, 0.717) is 0 Å². The van der Waals surface area contributed by atoms with Crippen molar-refractivity contribution in [3.8, 4) is 0 Å². The fraction of sp³-hybridized carbons (Fsp3) is 1.00. The fourth-order valence-electron chi connectivity index (χ4n) is 0.809. The Hall–Kier alpha value is 0.510. The molecular weight excluding hydrogens is 295 g/mol. The van der Waals surface area contributed by atoms with Crippen LogP contribution in [0.15, 0.2) is 0 Å². The molecule has 0 amide bonds. The van der Waals surface area contributed by atoms with E-state index in [-0.39, 0.29) is 12.4 Å². The quantitative estimate of drug-likeness (QED) is 0.552. The Kier molecular flexibility index (Phi) is 13.9. The zero-order valence-corrected chi connectivity index (χ0v) is 12.5. The van der Waals surface area contributed by atoms with E-state index in [0.717, 1.165) is 0 Å². The van der Waals surface area contributed by atoms with Gasteiger partial charge < -0.3 is 24.5 Å². The first-order chi connectivity index (χ1) is 7.05. The minimum atomic E-state index is -5.05. The summed E-state index contributed by atoms with van der Waals surface area (Å²) in [6.07, 6.45) is 0. The first-order valence-corrected chi connectivity index (χ1v) is 7.66. The Labute approximate surface area is 107 Å². The van der Waals surface area contributed by atoms with Crippen LogP contribution in [0.5, 0.6) is 0 Å². The first-order valence-electron chi connectivity index (χ1n) is 4.60. The Morgan fingerprint density at radius 3 is 1.12 bits per heavy atom. The number of hydrogen-bond acceptors (Lipinski definition) is 4. The molecule has 0 unspecified atom stereocenters. The molecule has 0 bridgehead atoms. The molecule has 0 aliphatic carbocycles. The van der Waals surface area contributed by atoms with E-state index >= 15 is 0 Å². The summed E-state index contributed by atoms with van der Waals surface area (Å²) in [5.41, 5.74) is 0. The van der Waals surface area contributed by atoms with Crippen LogP contribution >= 0.6 is 28.1 Å². The zero-order valence-electron chi connectivity index (χ0n) is 9.88. The second-order valence-corrected chi connectivity index (χ2v) is 5.30. The van der Waals surface area contributed by atoms with Crippen LogP contribution in [0.3, 0.4) is 0 Å². The zero-order chi connectivity index (χ0) is 13.4. The van der Waals surface area contributed by atoms with Crippen molar-refractivity contribution < 1.29 is 33.0 Å². The van der Waals surface area contributed by atoms with Gasteiger partial charge >= 0.3 is 15.6 Å². The predicted octanol–water partition coefficient (Wildman–Crippen LogP) is 0.958. The largest absolute Gasteiger partial charge is 0.478 e. The molecule has 0 aliphatic rings. The maximum Gasteiger partial charge on any atom is 0.478 e. The Morgan fingerprint density at radius 1 is 0.882 bits per heavy atom. The molecule has 0 spiro atoms. The fourth-order valence-corrected chi connectivity index (χ4v) is 1.92. The van der Waals surface area contributed by atoms with Gasteiger partial charge in [-0.25, -0.2) is 9.13 Å². The van der Waals surface area contributed by atoms with Crippen LogP contribution in [0.25, 0.3) is 0 Å². The predicted molar refractivity (Wildman–Crippen MR) is 65.9 cm³/mol. The molecule has 0 rings (SSSR count). The third-order valence-corrected chi connectivity index (χ3v) is 3.26. The Balaban J connectivity index is -0.000000224. The van der Waals surface area contributed by atoms with Gasteiger partial charge in [0.1, 0.15) is 0 Å². The van der Waals surface area contributed by atoms with Gasteiger partial charge in [-0.3, -0.25) is 0 Å². The normalized spacial score (nSPS) is 11.5. The summed E-state index contributed by atoms with van der Waals surface area (Å²) in [6, 6.07) is 0. The molecule has 0 saturated carbocycles. The summed E-state index contributed by atoms with van der Waals surface area (Å²) in [5, 5.41) is 0. The van der Waals surface area contributed by atoms with Crippen molar-refractivity contribution in [1.82, 2.24) is 4.90 Å². The molecule has 108 valence electrons. The van der Waals surface area contributed by atoms with E-state index in [4.69, 9.17) is 19.6 Å². The van der Waals surface area contributed by atoms with E-state index in [1.807, 2.05) is 0 Å². The lowest BCUT2D eigenvalue weighted by atomic mass is 10.5. The third-order valence-electron chi connectivity index (χ3n) is 1.55. The molecule has 0 aromatic heterocycles. The van der Waals surface area contributed by atoms with Gasteiger partial charge in [-0.15, -0.1) is 12.4 Å². The van der Waals surface area contributed by atoms with Gasteiger partial charge in [0.25, 0.3) is 0 Å². The van der Waals surface area contributed by atoms with Crippen molar-refractivity contribution in [1.29, 1.82) is 0 Å². The van der Waals surface area contributed by atoms with Crippen molar-refractivity contribution >= 4 is 28.1 Å². The SMILES string of the molecule is CCN(CC)CC.Cl.O=P(O)(O)OP(=O)(O)O. The molecule has 17 heavy (non-hydrogen) atoms. The molecule has 0 atom stereocenters. The van der Waals surface area contributed by atoms with Crippen LogP contribution in [0.2, 0.25) is 0 Å². The van der Waals surface area contributed by atoms with E-state index in [9.17, 15) is 9.13 Å². The van der Waals surface area contributed by atoms with Crippen molar-refractivity contribution in [2.45, 2.75) is 20.8 Å². The Morgan fingerprint density at radius 2 is 1.12 bits per heavy atom. The molecule has 0 heterocycles. The van der Waals surface area contributed by atoms with Crippen molar-refractivity contribution in [3.63, 3.8) is 0 Å². The number of phosphoric acid groups is 2. The van der Waals surface area contributed by atoms with Crippen molar-refractivity contribution in [3.05, 3.63) is 0 Å². The molecule has 0 aliphatic heterocycles. The molecule has 0 radical (unpaired) electrons. The van der Waals surface area contributed by atoms with Gasteiger partial charge in [0.15, 0.2) is 0 Å². The average Bonchev–Trinajstić information content (AvgIpc) is 2.01. The highest BCUT2D eigenvalue weighted by Gasteiger charge is 2.27. The minimum absolute atomic E-state index is 0. The van der Waals surface area contributed by atoms with Gasteiger partial charge in [0.05, 0.1) is 0 Å². The van der Waals surface area contributed by atoms with E-state index < -0.39 is 15.6 Å². The summed E-state index contributed by atoms with van der Waals surface area (Å²) in [4.78, 5) is 33.4. The molecule has 8 nitrogen and oxygen atoms in total. The van der Waals surface area contributed by atoms with Crippen LogP contribution in [-0.2, 0) is 13.4 Å².